The lowest BCUT2D eigenvalue weighted by molar-refractivity contribution is 0.161. The van der Waals surface area contributed by atoms with Crippen LogP contribution in [0.3, 0.4) is 0 Å². The molecular formula is C17H26FN. The summed E-state index contributed by atoms with van der Waals surface area (Å²) in [5, 5.41) is 3.47. The molecule has 2 rings (SSSR count). The van der Waals surface area contributed by atoms with Crippen molar-refractivity contribution in [2.24, 2.45) is 11.3 Å². The molecule has 1 aliphatic rings. The molecule has 2 unspecified atom stereocenters. The van der Waals surface area contributed by atoms with Crippen molar-refractivity contribution < 1.29 is 4.39 Å². The molecule has 1 N–H and O–H groups in total. The lowest BCUT2D eigenvalue weighted by atomic mass is 9.66. The molecule has 1 fully saturated rings. The summed E-state index contributed by atoms with van der Waals surface area (Å²) in [7, 11) is 0. The van der Waals surface area contributed by atoms with E-state index in [1.807, 2.05) is 6.07 Å². The van der Waals surface area contributed by atoms with Crippen molar-refractivity contribution in [2.45, 2.75) is 46.0 Å². The third-order valence-corrected chi connectivity index (χ3v) is 4.61. The lowest BCUT2D eigenvalue weighted by Gasteiger charge is -2.43. The monoisotopic (exact) mass is 263 g/mol. The molecule has 0 spiro atoms. The number of rotatable bonds is 4. The van der Waals surface area contributed by atoms with E-state index in [0.717, 1.165) is 24.6 Å². The molecule has 0 saturated carbocycles. The fourth-order valence-corrected chi connectivity index (χ4v) is 3.20. The summed E-state index contributed by atoms with van der Waals surface area (Å²) in [5.41, 5.74) is 1.45. The average molecular weight is 263 g/mol. The minimum Gasteiger partial charge on any atom is -0.316 e. The van der Waals surface area contributed by atoms with E-state index in [0.29, 0.717) is 11.3 Å². The van der Waals surface area contributed by atoms with Crippen molar-refractivity contribution in [3.05, 3.63) is 35.6 Å². The fourth-order valence-electron chi connectivity index (χ4n) is 3.20. The zero-order valence-electron chi connectivity index (χ0n) is 12.4. The highest BCUT2D eigenvalue weighted by molar-refractivity contribution is 5.24. The van der Waals surface area contributed by atoms with Crippen LogP contribution >= 0.6 is 0 Å². The molecule has 1 aromatic carbocycles. The van der Waals surface area contributed by atoms with E-state index in [1.165, 1.54) is 25.3 Å². The normalized spacial score (nSPS) is 27.7. The van der Waals surface area contributed by atoms with E-state index in [1.54, 1.807) is 6.07 Å². The van der Waals surface area contributed by atoms with Gasteiger partial charge in [-0.25, -0.2) is 4.39 Å². The van der Waals surface area contributed by atoms with Gasteiger partial charge in [0.2, 0.25) is 0 Å². The Balaban J connectivity index is 2.19. The van der Waals surface area contributed by atoms with Crippen LogP contribution in [0.4, 0.5) is 4.39 Å². The van der Waals surface area contributed by atoms with Gasteiger partial charge in [0.25, 0.3) is 0 Å². The van der Waals surface area contributed by atoms with Gasteiger partial charge >= 0.3 is 0 Å². The first-order valence-corrected chi connectivity index (χ1v) is 7.47. The molecule has 0 radical (unpaired) electrons. The molecule has 1 saturated heterocycles. The molecule has 0 bridgehead atoms. The van der Waals surface area contributed by atoms with E-state index in [9.17, 15) is 4.39 Å². The maximum absolute atomic E-state index is 13.5. The van der Waals surface area contributed by atoms with Crippen LogP contribution in [0.15, 0.2) is 24.3 Å². The Morgan fingerprint density at radius 1 is 1.42 bits per heavy atom. The Bertz CT molecular complexity index is 415. The Morgan fingerprint density at radius 3 is 2.89 bits per heavy atom. The molecule has 1 aliphatic heterocycles. The summed E-state index contributed by atoms with van der Waals surface area (Å²) < 4.78 is 13.5. The van der Waals surface area contributed by atoms with E-state index in [4.69, 9.17) is 0 Å². The van der Waals surface area contributed by atoms with Crippen LogP contribution in [-0.4, -0.2) is 13.1 Å². The summed E-state index contributed by atoms with van der Waals surface area (Å²) in [4.78, 5) is 0. The summed E-state index contributed by atoms with van der Waals surface area (Å²) in [5.74, 6) is 1.05. The van der Waals surface area contributed by atoms with Crippen molar-refractivity contribution in [1.29, 1.82) is 0 Å². The van der Waals surface area contributed by atoms with Crippen LogP contribution in [0, 0.1) is 17.2 Å². The minimum atomic E-state index is -0.116. The maximum Gasteiger partial charge on any atom is 0.123 e. The van der Waals surface area contributed by atoms with Crippen molar-refractivity contribution in [2.75, 3.05) is 13.1 Å². The van der Waals surface area contributed by atoms with Crippen molar-refractivity contribution >= 4 is 0 Å². The van der Waals surface area contributed by atoms with Crippen LogP contribution in [-0.2, 0) is 0 Å². The lowest BCUT2D eigenvalue weighted by Crippen LogP contribution is -2.42. The third-order valence-electron chi connectivity index (χ3n) is 4.61. The predicted molar refractivity (Wildman–Crippen MR) is 78.8 cm³/mol. The fraction of sp³-hybridized carbons (Fsp3) is 0.647. The quantitative estimate of drug-likeness (QED) is 0.852. The van der Waals surface area contributed by atoms with E-state index in [-0.39, 0.29) is 5.82 Å². The van der Waals surface area contributed by atoms with Crippen molar-refractivity contribution in [1.82, 2.24) is 5.32 Å². The van der Waals surface area contributed by atoms with Gasteiger partial charge in [-0.05, 0) is 48.4 Å². The van der Waals surface area contributed by atoms with E-state index < -0.39 is 0 Å². The van der Waals surface area contributed by atoms with Gasteiger partial charge in [-0.1, -0.05) is 39.3 Å². The highest BCUT2D eigenvalue weighted by Gasteiger charge is 2.37. The number of piperidine rings is 1. The van der Waals surface area contributed by atoms with Gasteiger partial charge in [0.15, 0.2) is 0 Å². The number of hydrogen-bond donors (Lipinski definition) is 1. The summed E-state index contributed by atoms with van der Waals surface area (Å²) in [6.07, 6.45) is 3.66. The second-order valence-corrected chi connectivity index (χ2v) is 6.65. The SMILES string of the molecule is CC(C)CCC1(C)CCNCC1c1cccc(F)c1. The molecule has 0 aromatic heterocycles. The van der Waals surface area contributed by atoms with Crippen LogP contribution in [0.5, 0.6) is 0 Å². The molecule has 19 heavy (non-hydrogen) atoms. The number of benzene rings is 1. The van der Waals surface area contributed by atoms with Gasteiger partial charge in [-0.2, -0.15) is 0 Å². The van der Waals surface area contributed by atoms with E-state index in [2.05, 4.69) is 32.2 Å². The van der Waals surface area contributed by atoms with Gasteiger partial charge in [0.1, 0.15) is 5.82 Å². The van der Waals surface area contributed by atoms with Crippen molar-refractivity contribution in [3.8, 4) is 0 Å². The second kappa shape index (κ2) is 6.04. The van der Waals surface area contributed by atoms with Gasteiger partial charge in [0, 0.05) is 12.5 Å². The Morgan fingerprint density at radius 2 is 2.21 bits per heavy atom. The highest BCUT2D eigenvalue weighted by atomic mass is 19.1. The molecule has 106 valence electrons. The smallest absolute Gasteiger partial charge is 0.123 e. The minimum absolute atomic E-state index is 0.116. The molecule has 1 aromatic rings. The summed E-state index contributed by atoms with van der Waals surface area (Å²) in [6, 6.07) is 7.16. The Kier molecular flexibility index (Phi) is 4.62. The molecule has 0 aliphatic carbocycles. The first kappa shape index (κ1) is 14.5. The standard InChI is InChI=1S/C17H26FN/c1-13(2)7-8-17(3)9-10-19-12-16(17)14-5-4-6-15(18)11-14/h4-6,11,13,16,19H,7-10,12H2,1-3H3. The molecule has 1 heterocycles. The maximum atomic E-state index is 13.5. The van der Waals surface area contributed by atoms with Gasteiger partial charge < -0.3 is 5.32 Å². The average Bonchev–Trinajstić information content (AvgIpc) is 2.37. The molecule has 2 atom stereocenters. The van der Waals surface area contributed by atoms with Crippen LogP contribution in [0.25, 0.3) is 0 Å². The van der Waals surface area contributed by atoms with Gasteiger partial charge in [-0.3, -0.25) is 0 Å². The van der Waals surface area contributed by atoms with Gasteiger partial charge in [-0.15, -0.1) is 0 Å². The summed E-state index contributed by atoms with van der Waals surface area (Å²) in [6.45, 7) is 8.99. The Labute approximate surface area is 116 Å². The molecule has 1 nitrogen and oxygen atoms in total. The Hall–Kier alpha value is -0.890. The largest absolute Gasteiger partial charge is 0.316 e. The van der Waals surface area contributed by atoms with Crippen LogP contribution < -0.4 is 5.32 Å². The zero-order chi connectivity index (χ0) is 13.9. The third kappa shape index (κ3) is 3.56. The van der Waals surface area contributed by atoms with Crippen LogP contribution in [0.1, 0.15) is 51.5 Å². The van der Waals surface area contributed by atoms with Gasteiger partial charge in [0.05, 0.1) is 0 Å². The van der Waals surface area contributed by atoms with Crippen molar-refractivity contribution in [3.63, 3.8) is 0 Å². The molecular weight excluding hydrogens is 237 g/mol. The second-order valence-electron chi connectivity index (χ2n) is 6.65. The summed E-state index contributed by atoms with van der Waals surface area (Å²) >= 11 is 0. The van der Waals surface area contributed by atoms with E-state index >= 15 is 0 Å². The topological polar surface area (TPSA) is 12.0 Å². The number of hydrogen-bond acceptors (Lipinski definition) is 1. The zero-order valence-corrected chi connectivity index (χ0v) is 12.4. The van der Waals surface area contributed by atoms with Crippen LogP contribution in [0.2, 0.25) is 0 Å². The first-order chi connectivity index (χ1) is 9.01. The number of halogens is 1. The molecule has 0 amide bonds. The first-order valence-electron chi connectivity index (χ1n) is 7.47. The number of nitrogens with one attached hydrogen (secondary N) is 1. The molecule has 2 heteroatoms. The highest BCUT2D eigenvalue weighted by Crippen LogP contribution is 2.44. The predicted octanol–water partition coefficient (Wildman–Crippen LogP) is 4.35.